The molecule has 1 nitrogen and oxygen atoms in total. The zero-order valence-electron chi connectivity index (χ0n) is 9.68. The number of hydrogen-bond acceptors (Lipinski definition) is 1. The van der Waals surface area contributed by atoms with Crippen LogP contribution in [0.1, 0.15) is 46.5 Å². The van der Waals surface area contributed by atoms with Crippen LogP contribution < -0.4 is 0 Å². The van der Waals surface area contributed by atoms with E-state index in [9.17, 15) is 4.79 Å². The summed E-state index contributed by atoms with van der Waals surface area (Å²) in [5.41, 5.74) is 1.50. The van der Waals surface area contributed by atoms with Crippen LogP contribution in [0.25, 0.3) is 0 Å². The molecule has 0 aromatic rings. The second-order valence-corrected chi connectivity index (χ2v) is 5.25. The van der Waals surface area contributed by atoms with Gasteiger partial charge in [0.2, 0.25) is 0 Å². The van der Waals surface area contributed by atoms with Crippen molar-refractivity contribution in [2.24, 2.45) is 17.3 Å². The highest BCUT2D eigenvalue weighted by atomic mass is 16.1. The van der Waals surface area contributed by atoms with Crippen LogP contribution in [0, 0.1) is 17.3 Å². The number of carbonyl (C=O) groups is 1. The monoisotopic (exact) mass is 194 g/mol. The van der Waals surface area contributed by atoms with E-state index < -0.39 is 0 Å². The first-order chi connectivity index (χ1) is 6.49. The molecule has 0 aliphatic heterocycles. The normalized spacial score (nSPS) is 37.9. The number of allylic oxidation sites excluding steroid dienone is 1. The summed E-state index contributed by atoms with van der Waals surface area (Å²) in [7, 11) is 0. The Bertz CT molecular complexity index is 231. The Morgan fingerprint density at radius 3 is 2.71 bits per heavy atom. The number of rotatable bonds is 3. The van der Waals surface area contributed by atoms with E-state index in [-0.39, 0.29) is 5.41 Å². The van der Waals surface area contributed by atoms with Crippen LogP contribution in [0.3, 0.4) is 0 Å². The van der Waals surface area contributed by atoms with Crippen molar-refractivity contribution in [3.8, 4) is 0 Å². The Morgan fingerprint density at radius 1 is 1.57 bits per heavy atom. The average molecular weight is 194 g/mol. The van der Waals surface area contributed by atoms with Gasteiger partial charge in [-0.15, -0.1) is 0 Å². The second kappa shape index (κ2) is 4.29. The lowest BCUT2D eigenvalue weighted by Crippen LogP contribution is -2.33. The van der Waals surface area contributed by atoms with Gasteiger partial charge in [-0.1, -0.05) is 26.0 Å². The van der Waals surface area contributed by atoms with Gasteiger partial charge in [0.25, 0.3) is 0 Å². The maximum absolute atomic E-state index is 10.7. The molecule has 0 spiro atoms. The maximum atomic E-state index is 10.7. The molecule has 1 heteroatoms. The molecule has 0 amide bonds. The Labute approximate surface area is 87.6 Å². The molecule has 0 radical (unpaired) electrons. The second-order valence-electron chi connectivity index (χ2n) is 5.25. The third-order valence-electron chi connectivity index (χ3n) is 4.10. The first-order valence-corrected chi connectivity index (χ1v) is 5.58. The van der Waals surface area contributed by atoms with Crippen LogP contribution in [-0.4, -0.2) is 6.29 Å². The predicted molar refractivity (Wildman–Crippen MR) is 60.1 cm³/mol. The fourth-order valence-electron chi connectivity index (χ4n) is 2.56. The first kappa shape index (κ1) is 11.5. The molecule has 0 bridgehead atoms. The molecule has 1 fully saturated rings. The topological polar surface area (TPSA) is 17.1 Å². The molecule has 0 aromatic carbocycles. The molecule has 0 saturated heterocycles. The van der Waals surface area contributed by atoms with Crippen LogP contribution in [-0.2, 0) is 4.79 Å². The van der Waals surface area contributed by atoms with Crippen LogP contribution in [0.5, 0.6) is 0 Å². The van der Waals surface area contributed by atoms with Gasteiger partial charge in [-0.2, -0.15) is 0 Å². The molecule has 1 aliphatic carbocycles. The molecule has 0 N–H and O–H groups in total. The maximum Gasteiger partial charge on any atom is 0.120 e. The quantitative estimate of drug-likeness (QED) is 0.495. The summed E-state index contributed by atoms with van der Waals surface area (Å²) in [5, 5.41) is 0. The van der Waals surface area contributed by atoms with Gasteiger partial charge in [-0.3, -0.25) is 0 Å². The van der Waals surface area contributed by atoms with Crippen molar-refractivity contribution in [2.45, 2.75) is 46.5 Å². The summed E-state index contributed by atoms with van der Waals surface area (Å²) in [5.74, 6) is 1.31. The highest BCUT2D eigenvalue weighted by molar-refractivity contribution is 5.50. The van der Waals surface area contributed by atoms with E-state index >= 15 is 0 Å². The predicted octanol–water partition coefficient (Wildman–Crippen LogP) is 3.59. The highest BCUT2D eigenvalue weighted by Gasteiger charge is 2.37. The first-order valence-electron chi connectivity index (χ1n) is 5.58. The summed E-state index contributed by atoms with van der Waals surface area (Å²) in [6.07, 6.45) is 5.42. The van der Waals surface area contributed by atoms with E-state index in [4.69, 9.17) is 0 Å². The summed E-state index contributed by atoms with van der Waals surface area (Å²) < 4.78 is 0. The van der Waals surface area contributed by atoms with Crippen molar-refractivity contribution in [3.63, 3.8) is 0 Å². The Balaban J connectivity index is 2.72. The van der Waals surface area contributed by atoms with Gasteiger partial charge in [0.1, 0.15) is 6.29 Å². The fraction of sp³-hybridized carbons (Fsp3) is 0.769. The Morgan fingerprint density at radius 2 is 2.21 bits per heavy atom. The molecule has 0 heterocycles. The van der Waals surface area contributed by atoms with Crippen molar-refractivity contribution in [1.82, 2.24) is 0 Å². The molecular formula is C13H22O. The number of carbonyl (C=O) groups excluding carboxylic acids is 1. The van der Waals surface area contributed by atoms with Crippen LogP contribution in [0.2, 0.25) is 0 Å². The van der Waals surface area contributed by atoms with Gasteiger partial charge in [0, 0.05) is 6.42 Å². The third kappa shape index (κ3) is 2.26. The van der Waals surface area contributed by atoms with Gasteiger partial charge >= 0.3 is 0 Å². The highest BCUT2D eigenvalue weighted by Crippen LogP contribution is 2.46. The molecule has 80 valence electrons. The average Bonchev–Trinajstić information content (AvgIpc) is 2.10. The van der Waals surface area contributed by atoms with E-state index in [1.165, 1.54) is 18.4 Å². The van der Waals surface area contributed by atoms with Crippen molar-refractivity contribution in [3.05, 3.63) is 12.2 Å². The molecule has 0 aromatic heterocycles. The van der Waals surface area contributed by atoms with Crippen molar-refractivity contribution < 1.29 is 4.79 Å². The minimum atomic E-state index is 0.212. The van der Waals surface area contributed by atoms with Gasteiger partial charge in [-0.25, -0.2) is 0 Å². The van der Waals surface area contributed by atoms with Gasteiger partial charge in [-0.05, 0) is 43.4 Å². The molecule has 1 saturated carbocycles. The number of aldehydes is 1. The van der Waals surface area contributed by atoms with Crippen molar-refractivity contribution >= 4 is 6.29 Å². The zero-order valence-corrected chi connectivity index (χ0v) is 9.68. The van der Waals surface area contributed by atoms with Gasteiger partial charge in [0.15, 0.2) is 0 Å². The summed E-state index contributed by atoms with van der Waals surface area (Å²) in [6.45, 7) is 10.7. The largest absolute Gasteiger partial charge is 0.303 e. The van der Waals surface area contributed by atoms with E-state index in [1.807, 2.05) is 0 Å². The molecule has 1 aliphatic rings. The number of hydrogen-bond donors (Lipinski definition) is 0. The lowest BCUT2D eigenvalue weighted by Gasteiger charge is -2.42. The zero-order chi connectivity index (χ0) is 10.8. The molecular weight excluding hydrogens is 172 g/mol. The SMILES string of the molecule is C=C(C)[C@@H]1CC[C@@H](C)[C@](C)(CC=O)C1. The molecule has 3 atom stereocenters. The lowest BCUT2D eigenvalue weighted by molar-refractivity contribution is -0.111. The molecule has 14 heavy (non-hydrogen) atoms. The Kier molecular flexibility index (Phi) is 3.52. The van der Waals surface area contributed by atoms with Crippen molar-refractivity contribution in [1.29, 1.82) is 0 Å². The van der Waals surface area contributed by atoms with Crippen LogP contribution >= 0.6 is 0 Å². The van der Waals surface area contributed by atoms with Crippen LogP contribution in [0.4, 0.5) is 0 Å². The van der Waals surface area contributed by atoms with Crippen LogP contribution in [0.15, 0.2) is 12.2 Å². The summed E-state index contributed by atoms with van der Waals surface area (Å²) in [6, 6.07) is 0. The standard InChI is InChI=1S/C13H22O/c1-10(2)12-6-5-11(3)13(4,9-12)7-8-14/h8,11-12H,1,5-7,9H2,2-4H3/t11-,12-,13-/m1/s1. The van der Waals surface area contributed by atoms with E-state index in [1.54, 1.807) is 0 Å². The third-order valence-corrected chi connectivity index (χ3v) is 4.10. The van der Waals surface area contributed by atoms with E-state index in [2.05, 4.69) is 27.4 Å². The smallest absolute Gasteiger partial charge is 0.120 e. The van der Waals surface area contributed by atoms with Crippen molar-refractivity contribution in [2.75, 3.05) is 0 Å². The Hall–Kier alpha value is -0.590. The summed E-state index contributed by atoms with van der Waals surface area (Å²) in [4.78, 5) is 10.7. The van der Waals surface area contributed by atoms with E-state index in [0.29, 0.717) is 18.3 Å². The van der Waals surface area contributed by atoms with Gasteiger partial charge in [0.05, 0.1) is 0 Å². The van der Waals surface area contributed by atoms with E-state index in [0.717, 1.165) is 12.7 Å². The summed E-state index contributed by atoms with van der Waals surface area (Å²) >= 11 is 0. The molecule has 1 rings (SSSR count). The minimum absolute atomic E-state index is 0.212. The lowest BCUT2D eigenvalue weighted by atomic mass is 9.62. The minimum Gasteiger partial charge on any atom is -0.303 e. The van der Waals surface area contributed by atoms with Gasteiger partial charge < -0.3 is 4.79 Å². The molecule has 0 unspecified atom stereocenters. The fourth-order valence-corrected chi connectivity index (χ4v) is 2.56.